The maximum absolute atomic E-state index is 12.0. The molecule has 2 N–H and O–H groups in total. The van der Waals surface area contributed by atoms with E-state index in [-0.39, 0.29) is 18.2 Å². The number of pyridine rings is 1. The zero-order valence-corrected chi connectivity index (χ0v) is 13.9. The van der Waals surface area contributed by atoms with E-state index < -0.39 is 0 Å². The molecule has 0 spiro atoms. The van der Waals surface area contributed by atoms with Crippen molar-refractivity contribution >= 4 is 6.03 Å². The summed E-state index contributed by atoms with van der Waals surface area (Å²) in [5.74, 6) is 2.08. The fraction of sp³-hybridized carbons (Fsp3) is 0.412. The molecule has 0 bridgehead atoms. The molecule has 2 aromatic rings. The van der Waals surface area contributed by atoms with Crippen molar-refractivity contribution in [3.63, 3.8) is 0 Å². The van der Waals surface area contributed by atoms with E-state index in [1.54, 1.807) is 6.20 Å². The minimum atomic E-state index is -0.272. The van der Waals surface area contributed by atoms with Crippen molar-refractivity contribution in [2.24, 2.45) is 0 Å². The number of hydrogen-bond donors (Lipinski definition) is 2. The third-order valence-electron chi connectivity index (χ3n) is 3.17. The van der Waals surface area contributed by atoms with Crippen LogP contribution in [-0.4, -0.2) is 17.1 Å². The molecule has 0 aromatic carbocycles. The number of hydrogen-bond acceptors (Lipinski definition) is 4. The van der Waals surface area contributed by atoms with Gasteiger partial charge in [-0.25, -0.2) is 9.78 Å². The first-order valence-corrected chi connectivity index (χ1v) is 7.67. The summed E-state index contributed by atoms with van der Waals surface area (Å²) in [4.78, 5) is 16.2. The van der Waals surface area contributed by atoms with Gasteiger partial charge in [-0.2, -0.15) is 0 Å². The van der Waals surface area contributed by atoms with Crippen LogP contribution in [0.5, 0.6) is 5.88 Å². The normalized spacial score (nSPS) is 12.0. The molecule has 2 amide bonds. The van der Waals surface area contributed by atoms with Crippen molar-refractivity contribution in [1.29, 1.82) is 0 Å². The van der Waals surface area contributed by atoms with Crippen LogP contribution < -0.4 is 15.4 Å². The van der Waals surface area contributed by atoms with Gasteiger partial charge >= 0.3 is 6.03 Å². The minimum Gasteiger partial charge on any atom is -0.475 e. The Morgan fingerprint density at radius 3 is 2.74 bits per heavy atom. The molecule has 23 heavy (non-hydrogen) atoms. The molecule has 6 nitrogen and oxygen atoms in total. The van der Waals surface area contributed by atoms with E-state index in [2.05, 4.69) is 15.6 Å². The Balaban J connectivity index is 1.89. The zero-order valence-electron chi connectivity index (χ0n) is 13.9. The van der Waals surface area contributed by atoms with Crippen LogP contribution in [0.1, 0.15) is 43.9 Å². The van der Waals surface area contributed by atoms with Crippen molar-refractivity contribution in [3.05, 3.63) is 47.5 Å². The van der Waals surface area contributed by atoms with Gasteiger partial charge in [-0.15, -0.1) is 0 Å². The molecule has 2 heterocycles. The summed E-state index contributed by atoms with van der Waals surface area (Å²) in [5.41, 5.74) is 0.831. The molecular formula is C17H23N3O3. The molecule has 0 aliphatic heterocycles. The minimum absolute atomic E-state index is 0.0275. The second kappa shape index (κ2) is 7.67. The Hall–Kier alpha value is -2.50. The van der Waals surface area contributed by atoms with Crippen LogP contribution in [-0.2, 0) is 6.54 Å². The van der Waals surface area contributed by atoms with E-state index in [0.29, 0.717) is 12.4 Å². The number of ether oxygens (including phenoxy) is 1. The van der Waals surface area contributed by atoms with Gasteiger partial charge < -0.3 is 19.8 Å². The van der Waals surface area contributed by atoms with Crippen LogP contribution in [0.2, 0.25) is 0 Å². The van der Waals surface area contributed by atoms with Gasteiger partial charge in [0.15, 0.2) is 0 Å². The van der Waals surface area contributed by atoms with Gasteiger partial charge in [-0.3, -0.25) is 0 Å². The van der Waals surface area contributed by atoms with Crippen molar-refractivity contribution in [1.82, 2.24) is 15.6 Å². The second-order valence-corrected chi connectivity index (χ2v) is 5.63. The fourth-order valence-corrected chi connectivity index (χ4v) is 2.07. The lowest BCUT2D eigenvalue weighted by Gasteiger charge is -2.15. The van der Waals surface area contributed by atoms with Crippen LogP contribution >= 0.6 is 0 Å². The molecule has 124 valence electrons. The number of aromatic nitrogens is 1. The standard InChI is InChI=1S/C17H23N3O3/c1-11(2)22-16-14(6-5-9-18-16)10-19-17(21)20-13(4)15-8-7-12(3)23-15/h5-9,11,13H,10H2,1-4H3,(H2,19,20,21)/t13-/m0/s1. The number of furan rings is 1. The van der Waals surface area contributed by atoms with E-state index >= 15 is 0 Å². The highest BCUT2D eigenvalue weighted by atomic mass is 16.5. The Morgan fingerprint density at radius 1 is 1.30 bits per heavy atom. The molecule has 0 aliphatic carbocycles. The first-order chi connectivity index (χ1) is 11.0. The van der Waals surface area contributed by atoms with Crippen molar-refractivity contribution < 1.29 is 13.9 Å². The quantitative estimate of drug-likeness (QED) is 0.857. The van der Waals surface area contributed by atoms with Gasteiger partial charge in [0.1, 0.15) is 11.5 Å². The topological polar surface area (TPSA) is 76.4 Å². The third kappa shape index (κ3) is 5.02. The average molecular weight is 317 g/mol. The first kappa shape index (κ1) is 16.9. The van der Waals surface area contributed by atoms with E-state index in [1.165, 1.54) is 0 Å². The van der Waals surface area contributed by atoms with Gasteiger partial charge in [-0.1, -0.05) is 6.07 Å². The molecule has 0 saturated heterocycles. The molecule has 2 aromatic heterocycles. The Labute approximate surface area is 136 Å². The van der Waals surface area contributed by atoms with Crippen LogP contribution in [0, 0.1) is 6.92 Å². The molecular weight excluding hydrogens is 294 g/mol. The fourth-order valence-electron chi connectivity index (χ4n) is 2.07. The SMILES string of the molecule is Cc1ccc([C@H](C)NC(=O)NCc2cccnc2OC(C)C)o1. The lowest BCUT2D eigenvalue weighted by Crippen LogP contribution is -2.36. The molecule has 0 aliphatic rings. The number of urea groups is 1. The molecule has 6 heteroatoms. The molecule has 0 radical (unpaired) electrons. The molecule has 0 fully saturated rings. The molecule has 0 unspecified atom stereocenters. The van der Waals surface area contributed by atoms with Gasteiger partial charge in [0.05, 0.1) is 12.1 Å². The Kier molecular flexibility index (Phi) is 5.62. The van der Waals surface area contributed by atoms with E-state index in [0.717, 1.165) is 17.1 Å². The highest BCUT2D eigenvalue weighted by molar-refractivity contribution is 5.74. The van der Waals surface area contributed by atoms with Crippen LogP contribution in [0.25, 0.3) is 0 Å². The number of aryl methyl sites for hydroxylation is 1. The molecule has 1 atom stereocenters. The van der Waals surface area contributed by atoms with Crippen molar-refractivity contribution in [3.8, 4) is 5.88 Å². The van der Waals surface area contributed by atoms with E-state index in [1.807, 2.05) is 52.0 Å². The number of carbonyl (C=O) groups is 1. The lowest BCUT2D eigenvalue weighted by molar-refractivity contribution is 0.227. The predicted molar refractivity (Wildman–Crippen MR) is 87.2 cm³/mol. The van der Waals surface area contributed by atoms with Crippen LogP contribution in [0.3, 0.4) is 0 Å². The summed E-state index contributed by atoms with van der Waals surface area (Å²) in [7, 11) is 0. The predicted octanol–water partition coefficient (Wildman–Crippen LogP) is 3.33. The number of nitrogens with zero attached hydrogens (tertiary/aromatic N) is 1. The van der Waals surface area contributed by atoms with Crippen LogP contribution in [0.4, 0.5) is 4.79 Å². The monoisotopic (exact) mass is 317 g/mol. The lowest BCUT2D eigenvalue weighted by atomic mass is 10.2. The number of nitrogens with one attached hydrogen (secondary N) is 2. The highest BCUT2D eigenvalue weighted by Crippen LogP contribution is 2.17. The van der Waals surface area contributed by atoms with Gasteiger partial charge in [0.25, 0.3) is 0 Å². The summed E-state index contributed by atoms with van der Waals surface area (Å²) < 4.78 is 11.1. The van der Waals surface area contributed by atoms with Gasteiger partial charge in [0.2, 0.25) is 5.88 Å². The molecule has 0 saturated carbocycles. The van der Waals surface area contributed by atoms with E-state index in [9.17, 15) is 4.79 Å². The summed E-state index contributed by atoms with van der Waals surface area (Å²) >= 11 is 0. The summed E-state index contributed by atoms with van der Waals surface area (Å²) in [6, 6.07) is 6.95. The number of carbonyl (C=O) groups excluding carboxylic acids is 1. The maximum atomic E-state index is 12.0. The highest BCUT2D eigenvalue weighted by Gasteiger charge is 2.13. The first-order valence-electron chi connectivity index (χ1n) is 7.67. The summed E-state index contributed by atoms with van der Waals surface area (Å²) in [5, 5.41) is 5.64. The van der Waals surface area contributed by atoms with E-state index in [4.69, 9.17) is 9.15 Å². The summed E-state index contributed by atoms with van der Waals surface area (Å²) in [6.07, 6.45) is 1.70. The third-order valence-corrected chi connectivity index (χ3v) is 3.17. The molecule has 2 rings (SSSR count). The second-order valence-electron chi connectivity index (χ2n) is 5.63. The van der Waals surface area contributed by atoms with Crippen molar-refractivity contribution in [2.45, 2.75) is 46.4 Å². The van der Waals surface area contributed by atoms with Gasteiger partial charge in [0, 0.05) is 18.3 Å². The van der Waals surface area contributed by atoms with Gasteiger partial charge in [-0.05, 0) is 45.9 Å². The zero-order chi connectivity index (χ0) is 16.8. The Morgan fingerprint density at radius 2 is 2.09 bits per heavy atom. The number of rotatable bonds is 6. The number of amides is 2. The van der Waals surface area contributed by atoms with Crippen LogP contribution in [0.15, 0.2) is 34.9 Å². The maximum Gasteiger partial charge on any atom is 0.315 e. The average Bonchev–Trinajstić information content (AvgIpc) is 2.92. The summed E-state index contributed by atoms with van der Waals surface area (Å²) in [6.45, 7) is 7.95. The van der Waals surface area contributed by atoms with Crippen molar-refractivity contribution in [2.75, 3.05) is 0 Å². The smallest absolute Gasteiger partial charge is 0.315 e. The largest absolute Gasteiger partial charge is 0.475 e. The Bertz CT molecular complexity index is 652.